The summed E-state index contributed by atoms with van der Waals surface area (Å²) >= 11 is 0. The monoisotopic (exact) mass is 425 g/mol. The fraction of sp³-hybridized carbons (Fsp3) is 0. The molecule has 0 N–H and O–H groups in total. The Morgan fingerprint density at radius 1 is 0.857 bits per heavy atom. The maximum Gasteiger partial charge on any atom is 3.00 e. The molecule has 0 aromatic heterocycles. The van der Waals surface area contributed by atoms with Gasteiger partial charge in [-0.3, -0.25) is 0 Å². The van der Waals surface area contributed by atoms with Crippen LogP contribution in [0.25, 0.3) is 0 Å². The van der Waals surface area contributed by atoms with Gasteiger partial charge in [0.25, 0.3) is 0 Å². The Hall–Kier alpha value is 2.62. The second-order valence-corrected chi connectivity index (χ2v) is 1.50. The molecule has 0 saturated heterocycles. The molecule has 0 heterocycles. The van der Waals surface area contributed by atoms with Crippen LogP contribution in [0, 0.1) is 76.8 Å². The molecule has 0 rings (SSSR count). The molecule has 0 aliphatic carbocycles. The molecular weight excluding hydrogens is 424 g/mol. The maximum absolute atomic E-state index is 8.58. The Labute approximate surface area is 103 Å². The number of hydrogen-bond acceptors (Lipinski definition) is 4. The van der Waals surface area contributed by atoms with Crippen molar-refractivity contribution < 1.29 is 96.0 Å². The van der Waals surface area contributed by atoms with E-state index in [0.29, 0.717) is 0 Å². The third kappa shape index (κ3) is 55.1. The van der Waals surface area contributed by atoms with Gasteiger partial charge in [-0.1, -0.05) is 0 Å². The molecule has 0 aromatic carbocycles. The molecule has 0 saturated carbocycles. The van der Waals surface area contributed by atoms with Crippen LogP contribution in [-0.2, 0) is 0 Å². The molecule has 7 heteroatoms. The van der Waals surface area contributed by atoms with Crippen molar-refractivity contribution in [3.63, 3.8) is 0 Å². The zero-order chi connectivity index (χ0) is 4.50. The summed E-state index contributed by atoms with van der Waals surface area (Å²) in [4.78, 5) is 34.3. The summed E-state index contributed by atoms with van der Waals surface area (Å²) in [6.45, 7) is 0. The van der Waals surface area contributed by atoms with Gasteiger partial charge in [-0.25, -0.2) is 0 Å². The fourth-order valence-corrected chi connectivity index (χ4v) is 0. The van der Waals surface area contributed by atoms with Gasteiger partial charge in [-0.05, 0) is 0 Å². The van der Waals surface area contributed by atoms with Crippen LogP contribution in [0.1, 0.15) is 0 Å². The molecule has 0 spiro atoms. The minimum Gasteiger partial charge on any atom is -0.894 e. The Kier molecular flexibility index (Phi) is 15.7. The molecule has 49 valence electrons. The van der Waals surface area contributed by atoms with E-state index >= 15 is 0 Å². The number of rotatable bonds is 0. The summed E-state index contributed by atoms with van der Waals surface area (Å²) in [6.07, 6.45) is 0. The summed E-state index contributed by atoms with van der Waals surface area (Å²) in [7, 11) is -5.61. The predicted octanol–water partition coefficient (Wildman–Crippen LogP) is -5.14. The summed E-state index contributed by atoms with van der Waals surface area (Å²) in [5.41, 5.74) is 0. The van der Waals surface area contributed by atoms with Gasteiger partial charge < -0.3 is 28.2 Å². The average Bonchev–Trinajstić information content (AvgIpc) is 0.722. The average molecular weight is 424 g/mol. The molecule has 0 unspecified atom stereocenters. The van der Waals surface area contributed by atoms with Crippen molar-refractivity contribution in [1.29, 1.82) is 0 Å². The molecule has 0 aromatic rings. The van der Waals surface area contributed by atoms with Crippen LogP contribution in [0.15, 0.2) is 0 Å². The molecule has 0 bridgehead atoms. The minimum atomic E-state index is -5.61. The molecule has 4 nitrogen and oxygen atoms in total. The van der Waals surface area contributed by atoms with Crippen LogP contribution in [0.3, 0.4) is 0 Å². The van der Waals surface area contributed by atoms with Crippen LogP contribution in [0.2, 0.25) is 0 Å². The predicted molar refractivity (Wildman–Crippen MR) is 5.75 cm³/mol. The van der Waals surface area contributed by atoms with Gasteiger partial charge in [-0.15, -0.1) is 0 Å². The van der Waals surface area contributed by atoms with E-state index < -0.39 is 9.05 Å². The third-order valence-electron chi connectivity index (χ3n) is 0. The molecule has 0 atom stereocenters. The van der Waals surface area contributed by atoms with E-state index in [9.17, 15) is 0 Å². The second-order valence-electron chi connectivity index (χ2n) is 0.500. The minimum absolute atomic E-state index is 0. The topological polar surface area (TPSA) is 92.2 Å². The first-order chi connectivity index (χ1) is 2.00. The normalized spacial score (nSPS) is 8.57. The molecule has 0 aliphatic heterocycles. The summed E-state index contributed by atoms with van der Waals surface area (Å²) in [6, 6.07) is 0. The van der Waals surface area contributed by atoms with Gasteiger partial charge >= 0.3 is 76.8 Å². The van der Waals surface area contributed by atoms with E-state index in [1.807, 2.05) is 0 Å². The van der Waals surface area contributed by atoms with Crippen LogP contribution in [0.4, 0.5) is 0 Å². The van der Waals surface area contributed by atoms with E-state index in [1.54, 1.807) is 0 Å². The third-order valence-corrected chi connectivity index (χ3v) is 0. The van der Waals surface area contributed by atoms with Crippen molar-refractivity contribution in [3.8, 4) is 0 Å². The SMILES string of the molecule is [Gd+3].[Lu+3].[O-][Si]([O-])([O-])[O-]. The van der Waals surface area contributed by atoms with Crippen molar-refractivity contribution in [2.24, 2.45) is 0 Å². The second kappa shape index (κ2) is 6.73. The number of hydrogen-bond donors (Lipinski definition) is 0. The Bertz CT molecular complexity index is 27.2. The van der Waals surface area contributed by atoms with Gasteiger partial charge in [0.2, 0.25) is 0 Å². The van der Waals surface area contributed by atoms with Crippen LogP contribution < -0.4 is 19.2 Å². The zero-order valence-corrected chi connectivity index (χ0v) is 7.67. The van der Waals surface area contributed by atoms with Gasteiger partial charge in [0.05, 0.1) is 0 Å². The molecule has 0 fully saturated rings. The zero-order valence-electron chi connectivity index (χ0n) is 2.74. The largest absolute Gasteiger partial charge is 3.00 e. The Morgan fingerprint density at radius 2 is 0.857 bits per heavy atom. The first-order valence-corrected chi connectivity index (χ1v) is 2.45. The first kappa shape index (κ1) is 16.3. The molecule has 1 radical (unpaired) electrons. The van der Waals surface area contributed by atoms with Crippen molar-refractivity contribution >= 4 is 9.05 Å². The summed E-state index contributed by atoms with van der Waals surface area (Å²) in [5.74, 6) is 0. The molecule has 0 amide bonds. The molecular formula is GdLuO4Si+2. The van der Waals surface area contributed by atoms with Crippen molar-refractivity contribution in [2.45, 2.75) is 0 Å². The molecule has 0 aliphatic rings. The summed E-state index contributed by atoms with van der Waals surface area (Å²) < 4.78 is 0. The van der Waals surface area contributed by atoms with E-state index in [1.165, 1.54) is 0 Å². The van der Waals surface area contributed by atoms with E-state index in [-0.39, 0.29) is 76.8 Å². The van der Waals surface area contributed by atoms with Crippen LogP contribution >= 0.6 is 0 Å². The summed E-state index contributed by atoms with van der Waals surface area (Å²) in [5, 5.41) is 0. The van der Waals surface area contributed by atoms with Crippen molar-refractivity contribution in [2.75, 3.05) is 0 Å². The van der Waals surface area contributed by atoms with E-state index in [0.717, 1.165) is 0 Å². The Morgan fingerprint density at radius 3 is 0.857 bits per heavy atom. The Balaban J connectivity index is -0.0000000800. The fourth-order valence-electron chi connectivity index (χ4n) is 0. The first-order valence-electron chi connectivity index (χ1n) is 0.816. The van der Waals surface area contributed by atoms with Gasteiger partial charge in [0, 0.05) is 0 Å². The smallest absolute Gasteiger partial charge is 0.894 e. The van der Waals surface area contributed by atoms with Gasteiger partial charge in [0.15, 0.2) is 0 Å². The van der Waals surface area contributed by atoms with Crippen LogP contribution in [-0.4, -0.2) is 9.05 Å². The van der Waals surface area contributed by atoms with Crippen molar-refractivity contribution in [1.82, 2.24) is 0 Å². The van der Waals surface area contributed by atoms with E-state index in [2.05, 4.69) is 0 Å². The standard InChI is InChI=1S/Gd.Lu.O4Si/c;;1-5(2,3)4/q2*+3;-4. The van der Waals surface area contributed by atoms with Crippen LogP contribution in [0.5, 0.6) is 0 Å². The maximum atomic E-state index is 8.58. The van der Waals surface area contributed by atoms with Crippen molar-refractivity contribution in [3.05, 3.63) is 0 Å². The quantitative estimate of drug-likeness (QED) is 0.364. The molecule has 7 heavy (non-hydrogen) atoms. The van der Waals surface area contributed by atoms with E-state index in [4.69, 9.17) is 19.2 Å². The van der Waals surface area contributed by atoms with Gasteiger partial charge in [0.1, 0.15) is 0 Å². The van der Waals surface area contributed by atoms with Gasteiger partial charge in [-0.2, -0.15) is 0 Å².